The van der Waals surface area contributed by atoms with Crippen LogP contribution in [-0.4, -0.2) is 37.5 Å². The van der Waals surface area contributed by atoms with Crippen LogP contribution in [0.15, 0.2) is 36.4 Å². The lowest BCUT2D eigenvalue weighted by atomic mass is 9.91. The summed E-state index contributed by atoms with van der Waals surface area (Å²) in [6.07, 6.45) is -4.52. The number of nitrogens with zero attached hydrogens (tertiary/aromatic N) is 1. The molecular formula is C23H26F3NO4. The summed E-state index contributed by atoms with van der Waals surface area (Å²) in [5, 5.41) is 0. The van der Waals surface area contributed by atoms with Crippen molar-refractivity contribution in [1.29, 1.82) is 0 Å². The fourth-order valence-corrected chi connectivity index (χ4v) is 3.58. The normalized spacial score (nSPS) is 12.3. The summed E-state index contributed by atoms with van der Waals surface area (Å²) in [6, 6.07) is 7.87. The van der Waals surface area contributed by atoms with Gasteiger partial charge in [-0.1, -0.05) is 12.1 Å². The van der Waals surface area contributed by atoms with Crippen LogP contribution < -0.4 is 4.74 Å². The van der Waals surface area contributed by atoms with E-state index < -0.39 is 23.8 Å². The van der Waals surface area contributed by atoms with E-state index >= 15 is 0 Å². The number of halogens is 3. The molecule has 0 N–H and O–H groups in total. The summed E-state index contributed by atoms with van der Waals surface area (Å²) in [6.45, 7) is 5.17. The topological polar surface area (TPSA) is 55.8 Å². The van der Waals surface area contributed by atoms with Crippen LogP contribution >= 0.6 is 0 Å². The first-order valence-corrected chi connectivity index (χ1v) is 9.75. The molecule has 1 amide bonds. The van der Waals surface area contributed by atoms with Gasteiger partial charge in [0.25, 0.3) is 0 Å². The Morgan fingerprint density at radius 3 is 2.26 bits per heavy atom. The van der Waals surface area contributed by atoms with E-state index in [0.29, 0.717) is 34.5 Å². The molecule has 1 atom stereocenters. The number of esters is 1. The number of hydrogen-bond donors (Lipinski definition) is 0. The second kappa shape index (κ2) is 9.85. The summed E-state index contributed by atoms with van der Waals surface area (Å²) in [7, 11) is 2.74. The number of amides is 1. The first-order chi connectivity index (χ1) is 14.5. The fourth-order valence-electron chi connectivity index (χ4n) is 3.58. The largest absolute Gasteiger partial charge is 0.496 e. The molecular weight excluding hydrogens is 411 g/mol. The predicted octanol–water partition coefficient (Wildman–Crippen LogP) is 5.03. The first-order valence-electron chi connectivity index (χ1n) is 9.75. The SMILES string of the molecule is CCN(C(C)=O)C(C)c1cc(C(F)(F)F)ccc1-c1cc(CC(=O)OC)ccc1OC. The Hall–Kier alpha value is -3.03. The van der Waals surface area contributed by atoms with Gasteiger partial charge in [0, 0.05) is 19.0 Å². The molecule has 31 heavy (non-hydrogen) atoms. The monoisotopic (exact) mass is 437 g/mol. The molecule has 8 heteroatoms. The second-order valence-corrected chi connectivity index (χ2v) is 7.07. The van der Waals surface area contributed by atoms with E-state index in [1.807, 2.05) is 0 Å². The van der Waals surface area contributed by atoms with Crippen molar-refractivity contribution in [2.24, 2.45) is 0 Å². The van der Waals surface area contributed by atoms with Crippen LogP contribution in [0.25, 0.3) is 11.1 Å². The van der Waals surface area contributed by atoms with Gasteiger partial charge in [-0.2, -0.15) is 13.2 Å². The zero-order valence-electron chi connectivity index (χ0n) is 18.2. The molecule has 0 saturated carbocycles. The number of methoxy groups -OCH3 is 2. The molecule has 0 heterocycles. The van der Waals surface area contributed by atoms with E-state index in [0.717, 1.165) is 12.1 Å². The molecule has 1 unspecified atom stereocenters. The Bertz CT molecular complexity index is 956. The highest BCUT2D eigenvalue weighted by Gasteiger charge is 2.33. The number of hydrogen-bond acceptors (Lipinski definition) is 4. The third kappa shape index (κ3) is 5.57. The molecule has 5 nitrogen and oxygen atoms in total. The van der Waals surface area contributed by atoms with Gasteiger partial charge < -0.3 is 14.4 Å². The lowest BCUT2D eigenvalue weighted by Crippen LogP contribution is -2.31. The average Bonchev–Trinajstić information content (AvgIpc) is 2.72. The molecule has 2 aromatic carbocycles. The summed E-state index contributed by atoms with van der Waals surface area (Å²) >= 11 is 0. The number of alkyl halides is 3. The molecule has 2 aromatic rings. The number of carbonyl (C=O) groups is 2. The Balaban J connectivity index is 2.73. The highest BCUT2D eigenvalue weighted by atomic mass is 19.4. The molecule has 0 aliphatic heterocycles. The van der Waals surface area contributed by atoms with E-state index in [2.05, 4.69) is 0 Å². The maximum Gasteiger partial charge on any atom is 0.416 e. The summed E-state index contributed by atoms with van der Waals surface area (Å²) in [5.74, 6) is -0.247. The van der Waals surface area contributed by atoms with Crippen LogP contribution in [-0.2, 0) is 26.9 Å². The summed E-state index contributed by atoms with van der Waals surface area (Å²) in [4.78, 5) is 25.3. The third-order valence-electron chi connectivity index (χ3n) is 5.17. The molecule has 0 fully saturated rings. The van der Waals surface area contributed by atoms with Gasteiger partial charge >= 0.3 is 12.1 Å². The Kier molecular flexibility index (Phi) is 7.70. The van der Waals surface area contributed by atoms with Gasteiger partial charge in [-0.05, 0) is 54.8 Å². The molecule has 0 aliphatic rings. The molecule has 168 valence electrons. The Labute approximate surface area is 179 Å². The average molecular weight is 437 g/mol. The Morgan fingerprint density at radius 2 is 1.74 bits per heavy atom. The molecule has 0 saturated heterocycles. The maximum absolute atomic E-state index is 13.4. The van der Waals surface area contributed by atoms with Crippen LogP contribution in [0.2, 0.25) is 0 Å². The molecule has 0 spiro atoms. The molecule has 0 aliphatic carbocycles. The Morgan fingerprint density at radius 1 is 1.06 bits per heavy atom. The number of ether oxygens (including phenoxy) is 2. The van der Waals surface area contributed by atoms with E-state index in [1.165, 1.54) is 32.1 Å². The lowest BCUT2D eigenvalue weighted by molar-refractivity contribution is -0.140. The van der Waals surface area contributed by atoms with Crippen molar-refractivity contribution >= 4 is 11.9 Å². The third-order valence-corrected chi connectivity index (χ3v) is 5.17. The molecule has 0 bridgehead atoms. The van der Waals surface area contributed by atoms with Gasteiger partial charge in [-0.15, -0.1) is 0 Å². The number of carbonyl (C=O) groups excluding carboxylic acids is 2. The van der Waals surface area contributed by atoms with Gasteiger partial charge in [0.2, 0.25) is 5.91 Å². The van der Waals surface area contributed by atoms with Crippen LogP contribution in [0.4, 0.5) is 13.2 Å². The second-order valence-electron chi connectivity index (χ2n) is 7.07. The van der Waals surface area contributed by atoms with E-state index in [-0.39, 0.29) is 12.3 Å². The molecule has 0 aromatic heterocycles. The van der Waals surface area contributed by atoms with Crippen LogP contribution in [0, 0.1) is 0 Å². The quantitative estimate of drug-likeness (QED) is 0.571. The maximum atomic E-state index is 13.4. The minimum atomic E-state index is -4.53. The van der Waals surface area contributed by atoms with Gasteiger partial charge in [0.05, 0.1) is 32.2 Å². The van der Waals surface area contributed by atoms with Gasteiger partial charge in [-0.25, -0.2) is 0 Å². The van der Waals surface area contributed by atoms with Crippen LogP contribution in [0.3, 0.4) is 0 Å². The van der Waals surface area contributed by atoms with Crippen molar-refractivity contribution in [3.05, 3.63) is 53.1 Å². The summed E-state index contributed by atoms with van der Waals surface area (Å²) < 4.78 is 50.5. The molecule has 0 radical (unpaired) electrons. The van der Waals surface area contributed by atoms with Crippen LogP contribution in [0.1, 0.15) is 43.5 Å². The van der Waals surface area contributed by atoms with Gasteiger partial charge in [-0.3, -0.25) is 9.59 Å². The highest BCUT2D eigenvalue weighted by molar-refractivity contribution is 5.79. The van der Waals surface area contributed by atoms with Crippen molar-refractivity contribution in [3.63, 3.8) is 0 Å². The molecule has 2 rings (SSSR count). The van der Waals surface area contributed by atoms with E-state index in [4.69, 9.17) is 9.47 Å². The van der Waals surface area contributed by atoms with Gasteiger partial charge in [0.1, 0.15) is 5.75 Å². The summed E-state index contributed by atoms with van der Waals surface area (Å²) in [5.41, 5.74) is 1.17. The van der Waals surface area contributed by atoms with Crippen molar-refractivity contribution < 1.29 is 32.2 Å². The first kappa shape index (κ1) is 24.2. The van der Waals surface area contributed by atoms with Gasteiger partial charge in [0.15, 0.2) is 0 Å². The smallest absolute Gasteiger partial charge is 0.416 e. The van der Waals surface area contributed by atoms with Crippen molar-refractivity contribution in [2.45, 2.75) is 39.4 Å². The number of rotatable bonds is 7. The van der Waals surface area contributed by atoms with E-state index in [9.17, 15) is 22.8 Å². The zero-order chi connectivity index (χ0) is 23.3. The van der Waals surface area contributed by atoms with Crippen LogP contribution in [0.5, 0.6) is 5.75 Å². The predicted molar refractivity (Wildman–Crippen MR) is 111 cm³/mol. The minimum absolute atomic E-state index is 0.00749. The van der Waals surface area contributed by atoms with Crippen molar-refractivity contribution in [1.82, 2.24) is 4.90 Å². The van der Waals surface area contributed by atoms with Crippen molar-refractivity contribution in [2.75, 3.05) is 20.8 Å². The lowest BCUT2D eigenvalue weighted by Gasteiger charge is -2.30. The van der Waals surface area contributed by atoms with Crippen molar-refractivity contribution in [3.8, 4) is 16.9 Å². The van der Waals surface area contributed by atoms with E-state index in [1.54, 1.807) is 32.0 Å². The minimum Gasteiger partial charge on any atom is -0.496 e. The fraction of sp³-hybridized carbons (Fsp3) is 0.391. The number of benzene rings is 2. The highest BCUT2D eigenvalue weighted by Crippen LogP contribution is 2.40. The zero-order valence-corrected chi connectivity index (χ0v) is 18.2. The standard InChI is InChI=1S/C23H26F3NO4/c1-6-27(15(3)28)14(2)19-13-17(23(24,25)26)8-9-18(19)20-11-16(12-22(29)31-5)7-10-21(20)30-4/h7-11,13-14H,6,12H2,1-5H3.